The lowest BCUT2D eigenvalue weighted by molar-refractivity contribution is -0.139. The molecule has 1 N–H and O–H groups in total. The Balaban J connectivity index is 1.29. The predicted molar refractivity (Wildman–Crippen MR) is 161 cm³/mol. The summed E-state index contributed by atoms with van der Waals surface area (Å²) in [5.74, 6) is -0.728. The summed E-state index contributed by atoms with van der Waals surface area (Å²) in [5.41, 5.74) is 3.42. The van der Waals surface area contributed by atoms with Crippen LogP contribution >= 0.6 is 11.3 Å². The van der Waals surface area contributed by atoms with Gasteiger partial charge in [0, 0.05) is 55.1 Å². The molecule has 3 aliphatic rings. The van der Waals surface area contributed by atoms with Crippen LogP contribution in [0.25, 0.3) is 11.3 Å². The Bertz CT molecular complexity index is 1300. The Morgan fingerprint density at radius 1 is 1.20 bits per heavy atom. The van der Waals surface area contributed by atoms with Crippen LogP contribution in [-0.2, 0) is 14.3 Å². The lowest BCUT2D eigenvalue weighted by atomic mass is 9.94. The average Bonchev–Trinajstić information content (AvgIpc) is 3.72. The van der Waals surface area contributed by atoms with E-state index in [-0.39, 0.29) is 42.1 Å². The second-order valence-corrected chi connectivity index (χ2v) is 12.4. The second kappa shape index (κ2) is 12.4. The van der Waals surface area contributed by atoms with E-state index in [2.05, 4.69) is 27.5 Å². The van der Waals surface area contributed by atoms with Crippen LogP contribution in [0.2, 0.25) is 0 Å². The molecule has 5 atom stereocenters. The van der Waals surface area contributed by atoms with Gasteiger partial charge >= 0.3 is 0 Å². The standard InChI is InChI=1S/C31H41N5O4S/c1-6-19(3)23-16-36(27-25(37)17-40-28(23)27)30(39)26(20(4)7-2)33-29(38)22-10-8-21(9-11-22)24-18-41-31(32-24)35-14-12-34(5)13-15-35/h6,8-11,18,20,23,26-28H,7,12-17H2,1-5H3,(H,33,38). The van der Waals surface area contributed by atoms with E-state index in [1.165, 1.54) is 0 Å². The fourth-order valence-electron chi connectivity index (χ4n) is 5.92. The van der Waals surface area contributed by atoms with Gasteiger partial charge < -0.3 is 24.8 Å². The van der Waals surface area contributed by atoms with E-state index in [0.717, 1.165) is 48.1 Å². The molecule has 3 aliphatic heterocycles. The highest BCUT2D eigenvalue weighted by atomic mass is 32.1. The first-order chi connectivity index (χ1) is 19.7. The fraction of sp³-hybridized carbons (Fsp3) is 0.548. The molecular formula is C31H41N5O4S. The van der Waals surface area contributed by atoms with Crippen molar-refractivity contribution in [3.63, 3.8) is 0 Å². The van der Waals surface area contributed by atoms with Crippen LogP contribution < -0.4 is 10.2 Å². The van der Waals surface area contributed by atoms with Gasteiger partial charge in [-0.1, -0.05) is 44.1 Å². The molecule has 4 heterocycles. The van der Waals surface area contributed by atoms with Crippen molar-refractivity contribution in [3.05, 3.63) is 46.9 Å². The summed E-state index contributed by atoms with van der Waals surface area (Å²) in [6.07, 6.45) is 2.39. The van der Waals surface area contributed by atoms with Gasteiger partial charge in [-0.15, -0.1) is 11.3 Å². The Kier molecular flexibility index (Phi) is 8.91. The van der Waals surface area contributed by atoms with Crippen LogP contribution in [0.15, 0.2) is 41.3 Å². The van der Waals surface area contributed by atoms with E-state index >= 15 is 0 Å². The van der Waals surface area contributed by atoms with Gasteiger partial charge in [-0.3, -0.25) is 14.4 Å². The quantitative estimate of drug-likeness (QED) is 0.479. The number of benzene rings is 1. The Morgan fingerprint density at radius 3 is 2.56 bits per heavy atom. The van der Waals surface area contributed by atoms with E-state index in [0.29, 0.717) is 18.5 Å². The molecule has 41 heavy (non-hydrogen) atoms. The van der Waals surface area contributed by atoms with Crippen molar-refractivity contribution in [2.45, 2.75) is 52.3 Å². The first kappa shape index (κ1) is 29.4. The fourth-order valence-corrected chi connectivity index (χ4v) is 6.81. The summed E-state index contributed by atoms with van der Waals surface area (Å²) in [6, 6.07) is 6.03. The molecule has 0 aliphatic carbocycles. The molecule has 0 saturated carbocycles. The topological polar surface area (TPSA) is 95.1 Å². The van der Waals surface area contributed by atoms with E-state index in [1.807, 2.05) is 45.9 Å². The number of Topliss-reactive ketones (excluding diaryl/α,β-unsaturated/α-hetero) is 1. The van der Waals surface area contributed by atoms with Crippen molar-refractivity contribution >= 4 is 34.1 Å². The number of hydrogen-bond acceptors (Lipinski definition) is 8. The van der Waals surface area contributed by atoms with E-state index < -0.39 is 12.1 Å². The first-order valence-electron chi connectivity index (χ1n) is 14.6. The number of carbonyl (C=O) groups excluding carboxylic acids is 3. The lowest BCUT2D eigenvalue weighted by Gasteiger charge is -2.32. The maximum atomic E-state index is 13.9. The van der Waals surface area contributed by atoms with E-state index in [1.54, 1.807) is 28.4 Å². The van der Waals surface area contributed by atoms with Crippen LogP contribution in [0.5, 0.6) is 0 Å². The van der Waals surface area contributed by atoms with Gasteiger partial charge in [0.2, 0.25) is 5.91 Å². The van der Waals surface area contributed by atoms with Gasteiger partial charge in [0.05, 0.1) is 11.8 Å². The van der Waals surface area contributed by atoms with Crippen LogP contribution in [0.4, 0.5) is 5.13 Å². The number of ether oxygens (including phenoxy) is 1. The van der Waals surface area contributed by atoms with Crippen molar-refractivity contribution in [2.24, 2.45) is 11.8 Å². The van der Waals surface area contributed by atoms with Crippen molar-refractivity contribution < 1.29 is 19.1 Å². The molecule has 3 fully saturated rings. The number of hydrogen-bond donors (Lipinski definition) is 1. The van der Waals surface area contributed by atoms with Crippen LogP contribution in [0.1, 0.15) is 44.5 Å². The number of rotatable bonds is 8. The number of ketones is 1. The predicted octanol–water partition coefficient (Wildman–Crippen LogP) is 3.47. The number of carbonyl (C=O) groups is 3. The van der Waals surface area contributed by atoms with Crippen molar-refractivity contribution in [2.75, 3.05) is 51.3 Å². The molecule has 5 unspecified atom stereocenters. The van der Waals surface area contributed by atoms with Crippen LogP contribution in [0.3, 0.4) is 0 Å². The summed E-state index contributed by atoms with van der Waals surface area (Å²) >= 11 is 1.64. The van der Waals surface area contributed by atoms with Crippen molar-refractivity contribution in [1.29, 1.82) is 0 Å². The molecule has 3 saturated heterocycles. The number of thiazole rings is 1. The molecule has 2 aromatic rings. The second-order valence-electron chi connectivity index (χ2n) is 11.5. The highest BCUT2D eigenvalue weighted by Crippen LogP contribution is 2.36. The van der Waals surface area contributed by atoms with Crippen molar-refractivity contribution in [3.8, 4) is 11.3 Å². The summed E-state index contributed by atoms with van der Waals surface area (Å²) in [6.45, 7) is 12.4. The number of aromatic nitrogens is 1. The van der Waals surface area contributed by atoms with E-state index in [4.69, 9.17) is 9.72 Å². The number of amides is 2. The van der Waals surface area contributed by atoms with Crippen LogP contribution in [0, 0.1) is 11.8 Å². The molecule has 10 heteroatoms. The number of fused-ring (bicyclic) bond motifs is 1. The summed E-state index contributed by atoms with van der Waals surface area (Å²) in [4.78, 5) is 51.2. The van der Waals surface area contributed by atoms with Gasteiger partial charge in [-0.2, -0.15) is 0 Å². The number of likely N-dealkylation sites (N-methyl/N-ethyl adjacent to an activating group) is 1. The molecule has 1 aromatic heterocycles. The normalized spacial score (nSPS) is 24.9. The summed E-state index contributed by atoms with van der Waals surface area (Å²) < 4.78 is 5.83. The Labute approximate surface area is 246 Å². The average molecular weight is 580 g/mol. The Morgan fingerprint density at radius 2 is 1.90 bits per heavy atom. The maximum absolute atomic E-state index is 13.9. The van der Waals surface area contributed by atoms with Gasteiger partial charge in [-0.25, -0.2) is 4.98 Å². The van der Waals surface area contributed by atoms with Gasteiger partial charge in [-0.05, 0) is 38.9 Å². The minimum atomic E-state index is -0.740. The lowest BCUT2D eigenvalue weighted by Crippen LogP contribution is -2.54. The zero-order valence-electron chi connectivity index (χ0n) is 24.6. The van der Waals surface area contributed by atoms with Gasteiger partial charge in [0.15, 0.2) is 10.9 Å². The zero-order chi connectivity index (χ0) is 29.3. The minimum absolute atomic E-state index is 0.0230. The monoisotopic (exact) mass is 579 g/mol. The molecule has 2 amide bonds. The number of anilines is 1. The SMILES string of the molecule is CC=C(C)C1CN(C(=O)C(NC(=O)c2ccc(-c3csc(N4CCN(C)CC4)n3)cc2)C(C)CC)C2C(=O)COC12. The van der Waals surface area contributed by atoms with Gasteiger partial charge in [0.25, 0.3) is 5.91 Å². The molecule has 5 rings (SSSR count). The van der Waals surface area contributed by atoms with Crippen molar-refractivity contribution in [1.82, 2.24) is 20.1 Å². The molecule has 0 spiro atoms. The first-order valence-corrected chi connectivity index (χ1v) is 15.5. The maximum Gasteiger partial charge on any atom is 0.251 e. The molecule has 220 valence electrons. The number of likely N-dealkylation sites (tertiary alicyclic amines) is 1. The summed E-state index contributed by atoms with van der Waals surface area (Å²) in [5, 5.41) is 6.08. The third-order valence-corrected chi connectivity index (χ3v) is 9.88. The number of nitrogens with one attached hydrogen (secondary N) is 1. The Hall–Kier alpha value is -3.08. The highest BCUT2D eigenvalue weighted by Gasteiger charge is 2.53. The number of piperazine rings is 1. The third kappa shape index (κ3) is 5.96. The minimum Gasteiger partial charge on any atom is -0.367 e. The number of nitrogens with zero attached hydrogens (tertiary/aromatic N) is 4. The third-order valence-electron chi connectivity index (χ3n) is 8.98. The highest BCUT2D eigenvalue weighted by molar-refractivity contribution is 7.14. The molecular weight excluding hydrogens is 538 g/mol. The van der Waals surface area contributed by atoms with Crippen LogP contribution in [-0.4, -0.2) is 96.9 Å². The summed E-state index contributed by atoms with van der Waals surface area (Å²) in [7, 11) is 2.14. The molecule has 0 radical (unpaired) electrons. The zero-order valence-corrected chi connectivity index (χ0v) is 25.4. The van der Waals surface area contributed by atoms with Gasteiger partial charge in [0.1, 0.15) is 18.7 Å². The van der Waals surface area contributed by atoms with E-state index in [9.17, 15) is 14.4 Å². The smallest absolute Gasteiger partial charge is 0.251 e. The molecule has 1 aromatic carbocycles. The molecule has 9 nitrogen and oxygen atoms in total. The number of allylic oxidation sites excluding steroid dienone is 1. The largest absolute Gasteiger partial charge is 0.367 e. The molecule has 0 bridgehead atoms.